The second-order valence-electron chi connectivity index (χ2n) is 4.88. The molecule has 1 saturated heterocycles. The van der Waals surface area contributed by atoms with Crippen LogP contribution in [0.2, 0.25) is 0 Å². The average Bonchev–Trinajstić information content (AvgIpc) is 2.24. The molecule has 0 amide bonds. The standard InChI is InChI=1S/C12H17F2NO/c1-12(4-6-16-7-5-12)9-15-8-10(13)2-3-11(15)14/h2-3H,4-9H2,1H3. The summed E-state index contributed by atoms with van der Waals surface area (Å²) < 4.78 is 31.9. The highest BCUT2D eigenvalue weighted by molar-refractivity contribution is 5.17. The van der Waals surface area contributed by atoms with Crippen LogP contribution in [0.5, 0.6) is 0 Å². The molecule has 4 heteroatoms. The Balaban J connectivity index is 1.99. The van der Waals surface area contributed by atoms with Gasteiger partial charge in [-0.25, -0.2) is 4.39 Å². The fourth-order valence-electron chi connectivity index (χ4n) is 2.19. The van der Waals surface area contributed by atoms with Gasteiger partial charge in [0.1, 0.15) is 5.83 Å². The van der Waals surface area contributed by atoms with Crippen molar-refractivity contribution < 1.29 is 13.5 Å². The van der Waals surface area contributed by atoms with Crippen LogP contribution in [-0.2, 0) is 4.74 Å². The molecule has 0 radical (unpaired) electrons. The molecule has 0 aromatic carbocycles. The maximum atomic E-state index is 13.5. The molecule has 2 nitrogen and oxygen atoms in total. The molecule has 0 spiro atoms. The summed E-state index contributed by atoms with van der Waals surface area (Å²) in [6.07, 6.45) is 4.20. The second kappa shape index (κ2) is 4.53. The largest absolute Gasteiger partial charge is 0.381 e. The van der Waals surface area contributed by atoms with Gasteiger partial charge in [0, 0.05) is 19.8 Å². The van der Waals surface area contributed by atoms with Crippen LogP contribution in [0.3, 0.4) is 0 Å². The van der Waals surface area contributed by atoms with Crippen LogP contribution >= 0.6 is 0 Å². The zero-order chi connectivity index (χ0) is 11.6. The van der Waals surface area contributed by atoms with E-state index >= 15 is 0 Å². The first-order valence-corrected chi connectivity index (χ1v) is 5.64. The van der Waals surface area contributed by atoms with Gasteiger partial charge in [-0.05, 0) is 30.4 Å². The molecule has 0 aliphatic carbocycles. The van der Waals surface area contributed by atoms with Gasteiger partial charge in [0.15, 0.2) is 5.95 Å². The fourth-order valence-corrected chi connectivity index (χ4v) is 2.19. The van der Waals surface area contributed by atoms with E-state index in [2.05, 4.69) is 6.92 Å². The molecule has 0 aromatic heterocycles. The van der Waals surface area contributed by atoms with E-state index in [1.807, 2.05) is 0 Å². The third-order valence-electron chi connectivity index (χ3n) is 3.32. The van der Waals surface area contributed by atoms with Crippen LogP contribution in [-0.4, -0.2) is 31.2 Å². The SMILES string of the molecule is CC1(CN2CC(F)=CC=C2F)CCOCC1. The number of allylic oxidation sites excluding steroid dienone is 2. The lowest BCUT2D eigenvalue weighted by molar-refractivity contribution is 0.00702. The highest BCUT2D eigenvalue weighted by Crippen LogP contribution is 2.33. The summed E-state index contributed by atoms with van der Waals surface area (Å²) in [6.45, 7) is 4.15. The quantitative estimate of drug-likeness (QED) is 0.675. The summed E-state index contributed by atoms with van der Waals surface area (Å²) in [4.78, 5) is 1.47. The van der Waals surface area contributed by atoms with Crippen LogP contribution in [0.25, 0.3) is 0 Å². The van der Waals surface area contributed by atoms with Crippen LogP contribution in [0.15, 0.2) is 23.9 Å². The summed E-state index contributed by atoms with van der Waals surface area (Å²) in [5.41, 5.74) is 0.0288. The molecule has 2 aliphatic heterocycles. The molecule has 2 heterocycles. The predicted octanol–water partition coefficient (Wildman–Crippen LogP) is 2.78. The van der Waals surface area contributed by atoms with Gasteiger partial charge in [0.2, 0.25) is 0 Å². The van der Waals surface area contributed by atoms with Crippen molar-refractivity contribution in [1.82, 2.24) is 4.90 Å². The summed E-state index contributed by atoms with van der Waals surface area (Å²) in [7, 11) is 0. The summed E-state index contributed by atoms with van der Waals surface area (Å²) in [5.74, 6) is -0.619. The summed E-state index contributed by atoms with van der Waals surface area (Å²) in [6, 6.07) is 0. The first-order chi connectivity index (χ1) is 7.59. The molecule has 0 unspecified atom stereocenters. The van der Waals surface area contributed by atoms with E-state index in [-0.39, 0.29) is 23.7 Å². The van der Waals surface area contributed by atoms with E-state index in [1.165, 1.54) is 17.1 Å². The van der Waals surface area contributed by atoms with Crippen molar-refractivity contribution in [3.63, 3.8) is 0 Å². The Kier molecular flexibility index (Phi) is 3.28. The van der Waals surface area contributed by atoms with E-state index in [0.717, 1.165) is 12.8 Å². The van der Waals surface area contributed by atoms with Gasteiger partial charge < -0.3 is 9.64 Å². The topological polar surface area (TPSA) is 12.5 Å². The summed E-state index contributed by atoms with van der Waals surface area (Å²) in [5, 5.41) is 0. The van der Waals surface area contributed by atoms with Gasteiger partial charge in [-0.15, -0.1) is 0 Å². The van der Waals surface area contributed by atoms with Crippen LogP contribution in [0, 0.1) is 5.41 Å². The molecule has 0 aromatic rings. The van der Waals surface area contributed by atoms with Crippen molar-refractivity contribution in [2.45, 2.75) is 19.8 Å². The van der Waals surface area contributed by atoms with Gasteiger partial charge in [0.25, 0.3) is 0 Å². The smallest absolute Gasteiger partial charge is 0.190 e. The molecule has 0 N–H and O–H groups in total. The van der Waals surface area contributed by atoms with Crippen LogP contribution < -0.4 is 0 Å². The Morgan fingerprint density at radius 2 is 2.00 bits per heavy atom. The van der Waals surface area contributed by atoms with E-state index in [9.17, 15) is 8.78 Å². The van der Waals surface area contributed by atoms with Crippen LogP contribution in [0.1, 0.15) is 19.8 Å². The maximum absolute atomic E-state index is 13.5. The van der Waals surface area contributed by atoms with E-state index in [4.69, 9.17) is 4.74 Å². The van der Waals surface area contributed by atoms with Crippen molar-refractivity contribution >= 4 is 0 Å². The van der Waals surface area contributed by atoms with Gasteiger partial charge in [0.05, 0.1) is 6.54 Å². The molecule has 90 valence electrons. The third kappa shape index (κ3) is 2.61. The minimum absolute atomic E-state index is 0.0288. The Morgan fingerprint density at radius 1 is 1.31 bits per heavy atom. The molecule has 1 fully saturated rings. The molecule has 0 bridgehead atoms. The minimum atomic E-state index is -0.339. The molecule has 16 heavy (non-hydrogen) atoms. The van der Waals surface area contributed by atoms with Gasteiger partial charge >= 0.3 is 0 Å². The summed E-state index contributed by atoms with van der Waals surface area (Å²) >= 11 is 0. The average molecular weight is 229 g/mol. The first-order valence-electron chi connectivity index (χ1n) is 5.64. The molecule has 0 atom stereocenters. The second-order valence-corrected chi connectivity index (χ2v) is 4.88. The number of rotatable bonds is 2. The van der Waals surface area contributed by atoms with Gasteiger partial charge in [-0.1, -0.05) is 6.92 Å². The Labute approximate surface area is 94.6 Å². The molecule has 2 aliphatic rings. The van der Waals surface area contributed by atoms with Crippen molar-refractivity contribution in [2.24, 2.45) is 5.41 Å². The molecular weight excluding hydrogens is 212 g/mol. The van der Waals surface area contributed by atoms with Crippen LogP contribution in [0.4, 0.5) is 8.78 Å². The lowest BCUT2D eigenvalue weighted by Gasteiger charge is -2.38. The maximum Gasteiger partial charge on any atom is 0.190 e. The monoisotopic (exact) mass is 229 g/mol. The van der Waals surface area contributed by atoms with E-state index in [0.29, 0.717) is 19.8 Å². The number of hydrogen-bond acceptors (Lipinski definition) is 2. The number of ether oxygens (including phenoxy) is 1. The molecule has 2 rings (SSSR count). The van der Waals surface area contributed by atoms with Gasteiger partial charge in [-0.2, -0.15) is 4.39 Å². The lowest BCUT2D eigenvalue weighted by Crippen LogP contribution is -2.39. The van der Waals surface area contributed by atoms with Crippen molar-refractivity contribution in [3.8, 4) is 0 Å². The third-order valence-corrected chi connectivity index (χ3v) is 3.32. The number of nitrogens with zero attached hydrogens (tertiary/aromatic N) is 1. The first kappa shape index (κ1) is 11.6. The van der Waals surface area contributed by atoms with Crippen molar-refractivity contribution in [3.05, 3.63) is 23.9 Å². The lowest BCUT2D eigenvalue weighted by atomic mass is 9.82. The van der Waals surface area contributed by atoms with Crippen molar-refractivity contribution in [1.29, 1.82) is 0 Å². The Bertz CT molecular complexity index is 319. The highest BCUT2D eigenvalue weighted by Gasteiger charge is 2.31. The number of hydrogen-bond donors (Lipinski definition) is 0. The molecule has 0 saturated carbocycles. The Hall–Kier alpha value is -0.900. The molecular formula is C12H17F2NO. The zero-order valence-corrected chi connectivity index (χ0v) is 9.51. The Morgan fingerprint density at radius 3 is 2.69 bits per heavy atom. The van der Waals surface area contributed by atoms with Gasteiger partial charge in [-0.3, -0.25) is 0 Å². The van der Waals surface area contributed by atoms with E-state index in [1.54, 1.807) is 0 Å². The zero-order valence-electron chi connectivity index (χ0n) is 9.51. The predicted molar refractivity (Wildman–Crippen MR) is 58.1 cm³/mol. The van der Waals surface area contributed by atoms with Crippen molar-refractivity contribution in [2.75, 3.05) is 26.3 Å². The normalized spacial score (nSPS) is 25.1. The highest BCUT2D eigenvalue weighted by atomic mass is 19.1. The minimum Gasteiger partial charge on any atom is -0.381 e. The fraction of sp³-hybridized carbons (Fsp3) is 0.667. The number of halogens is 2. The van der Waals surface area contributed by atoms with E-state index < -0.39 is 0 Å².